The molecule has 1 saturated heterocycles. The van der Waals surface area contributed by atoms with Gasteiger partial charge in [0.2, 0.25) is 11.8 Å². The molecule has 4 atom stereocenters. The molecule has 2 heterocycles. The van der Waals surface area contributed by atoms with Gasteiger partial charge in [0, 0.05) is 6.42 Å². The molecule has 0 saturated carbocycles. The number of nitrogens with one attached hydrogen (secondary N) is 1. The van der Waals surface area contributed by atoms with Crippen LogP contribution in [0.4, 0.5) is 0 Å². The van der Waals surface area contributed by atoms with E-state index in [0.29, 0.717) is 19.3 Å². The second kappa shape index (κ2) is 10.1. The van der Waals surface area contributed by atoms with Gasteiger partial charge in [-0.1, -0.05) is 54.6 Å². The van der Waals surface area contributed by atoms with Crippen LogP contribution in [0.5, 0.6) is 0 Å². The van der Waals surface area contributed by atoms with Crippen LogP contribution in [0.1, 0.15) is 48.4 Å². The second-order valence-corrected chi connectivity index (χ2v) is 8.99. The van der Waals surface area contributed by atoms with Gasteiger partial charge in [-0.3, -0.25) is 14.4 Å². The number of carboxylic acids is 2. The SMILES string of the molecule is O=C(O)CC(Cc1ccccc1)C(=O)N[C@@H]1Cc2ccccc2[C@@H]2CCC[C@H](C(=O)O)N2C1=O. The summed E-state index contributed by atoms with van der Waals surface area (Å²) in [5.74, 6) is -3.98. The van der Waals surface area contributed by atoms with E-state index in [0.717, 1.165) is 16.7 Å². The van der Waals surface area contributed by atoms with E-state index < -0.39 is 41.8 Å². The minimum absolute atomic E-state index is 0.223. The molecule has 34 heavy (non-hydrogen) atoms. The zero-order valence-electron chi connectivity index (χ0n) is 18.7. The minimum Gasteiger partial charge on any atom is -0.481 e. The van der Waals surface area contributed by atoms with E-state index in [4.69, 9.17) is 0 Å². The number of carboxylic acid groups (broad SMARTS) is 2. The minimum atomic E-state index is -1.10. The van der Waals surface area contributed by atoms with Gasteiger partial charge in [-0.15, -0.1) is 0 Å². The molecule has 2 aliphatic heterocycles. The summed E-state index contributed by atoms with van der Waals surface area (Å²) >= 11 is 0. The van der Waals surface area contributed by atoms with Crippen LogP contribution in [0.2, 0.25) is 0 Å². The van der Waals surface area contributed by atoms with Crippen molar-refractivity contribution < 1.29 is 29.4 Å². The van der Waals surface area contributed by atoms with Gasteiger partial charge in [-0.25, -0.2) is 4.79 Å². The quantitative estimate of drug-likeness (QED) is 0.579. The number of piperidine rings is 1. The largest absolute Gasteiger partial charge is 0.481 e. The Hall–Kier alpha value is -3.68. The molecule has 1 fully saturated rings. The maximum atomic E-state index is 13.6. The summed E-state index contributed by atoms with van der Waals surface area (Å²) in [6.45, 7) is 0. The third-order valence-electron chi connectivity index (χ3n) is 6.74. The van der Waals surface area contributed by atoms with Crippen LogP contribution in [0.25, 0.3) is 0 Å². The Morgan fingerprint density at radius 3 is 2.41 bits per heavy atom. The molecule has 0 bridgehead atoms. The van der Waals surface area contributed by atoms with E-state index in [2.05, 4.69) is 5.32 Å². The van der Waals surface area contributed by atoms with Gasteiger partial charge < -0.3 is 20.4 Å². The summed E-state index contributed by atoms with van der Waals surface area (Å²) < 4.78 is 0. The summed E-state index contributed by atoms with van der Waals surface area (Å²) in [6.07, 6.45) is 1.78. The van der Waals surface area contributed by atoms with Crippen molar-refractivity contribution in [2.24, 2.45) is 5.92 Å². The highest BCUT2D eigenvalue weighted by Crippen LogP contribution is 2.39. The Kier molecular flexibility index (Phi) is 6.95. The Morgan fingerprint density at radius 1 is 1.00 bits per heavy atom. The monoisotopic (exact) mass is 464 g/mol. The standard InChI is InChI=1S/C26H28N2O6/c29-23(30)15-18(13-16-7-2-1-3-8-16)24(31)27-20-14-17-9-4-5-10-19(17)21-11-6-12-22(26(33)34)28(21)25(20)32/h1-5,7-10,18,20-22H,6,11-15H2,(H,27,31)(H,29,30)(H,33,34)/t18?,20-,21+,22-/m1/s1. The third-order valence-corrected chi connectivity index (χ3v) is 6.74. The lowest BCUT2D eigenvalue weighted by Gasteiger charge is -2.40. The van der Waals surface area contributed by atoms with Crippen molar-refractivity contribution in [1.82, 2.24) is 10.2 Å². The molecule has 8 heteroatoms. The number of fused-ring (bicyclic) bond motifs is 3. The number of amides is 2. The topological polar surface area (TPSA) is 124 Å². The number of benzene rings is 2. The number of nitrogens with zero attached hydrogens (tertiary/aromatic N) is 1. The van der Waals surface area contributed by atoms with E-state index in [9.17, 15) is 29.4 Å². The number of carbonyl (C=O) groups is 4. The first-order valence-electron chi connectivity index (χ1n) is 11.5. The van der Waals surface area contributed by atoms with Crippen molar-refractivity contribution in [3.63, 3.8) is 0 Å². The van der Waals surface area contributed by atoms with E-state index in [1.165, 1.54) is 4.90 Å². The van der Waals surface area contributed by atoms with Crippen LogP contribution in [0.15, 0.2) is 54.6 Å². The molecule has 0 radical (unpaired) electrons. The lowest BCUT2D eigenvalue weighted by Crippen LogP contribution is -2.56. The second-order valence-electron chi connectivity index (χ2n) is 8.99. The van der Waals surface area contributed by atoms with Crippen molar-refractivity contribution in [3.8, 4) is 0 Å². The van der Waals surface area contributed by atoms with Crippen LogP contribution in [0.3, 0.4) is 0 Å². The molecule has 2 aromatic carbocycles. The number of hydrogen-bond donors (Lipinski definition) is 3. The van der Waals surface area contributed by atoms with Gasteiger partial charge >= 0.3 is 11.9 Å². The molecule has 2 amide bonds. The number of rotatable bonds is 7. The number of aliphatic carboxylic acids is 2. The molecule has 0 spiro atoms. The average molecular weight is 465 g/mol. The van der Waals surface area contributed by atoms with Crippen LogP contribution in [0, 0.1) is 5.92 Å². The Balaban J connectivity index is 1.63. The summed E-state index contributed by atoms with van der Waals surface area (Å²) in [5.41, 5.74) is 2.62. The zero-order chi connectivity index (χ0) is 24.2. The molecular formula is C26H28N2O6. The molecule has 0 aromatic heterocycles. The van der Waals surface area contributed by atoms with Crippen molar-refractivity contribution in [2.45, 2.75) is 56.7 Å². The molecule has 8 nitrogen and oxygen atoms in total. The summed E-state index contributed by atoms with van der Waals surface area (Å²) in [4.78, 5) is 51.7. The summed E-state index contributed by atoms with van der Waals surface area (Å²) in [7, 11) is 0. The predicted molar refractivity (Wildman–Crippen MR) is 123 cm³/mol. The zero-order valence-corrected chi connectivity index (χ0v) is 18.7. The van der Waals surface area contributed by atoms with Crippen LogP contribution >= 0.6 is 0 Å². The fourth-order valence-electron chi connectivity index (χ4n) is 5.16. The number of hydrogen-bond acceptors (Lipinski definition) is 4. The lowest BCUT2D eigenvalue weighted by molar-refractivity contribution is -0.156. The highest BCUT2D eigenvalue weighted by Gasteiger charge is 2.44. The Labute approximate surface area is 197 Å². The van der Waals surface area contributed by atoms with Crippen molar-refractivity contribution >= 4 is 23.8 Å². The fourth-order valence-corrected chi connectivity index (χ4v) is 5.16. The van der Waals surface area contributed by atoms with Crippen LogP contribution in [-0.4, -0.2) is 50.9 Å². The van der Waals surface area contributed by atoms with E-state index in [1.54, 1.807) is 0 Å². The third kappa shape index (κ3) is 4.95. The first-order chi connectivity index (χ1) is 16.3. The van der Waals surface area contributed by atoms with Gasteiger partial charge in [0.15, 0.2) is 0 Å². The first-order valence-corrected chi connectivity index (χ1v) is 11.5. The highest BCUT2D eigenvalue weighted by atomic mass is 16.4. The molecule has 2 aliphatic rings. The summed E-state index contributed by atoms with van der Waals surface area (Å²) in [6, 6.07) is 14.4. The average Bonchev–Trinajstić information content (AvgIpc) is 2.94. The lowest BCUT2D eigenvalue weighted by atomic mass is 9.89. The molecule has 3 N–H and O–H groups in total. The van der Waals surface area contributed by atoms with Crippen molar-refractivity contribution in [3.05, 3.63) is 71.3 Å². The van der Waals surface area contributed by atoms with E-state index in [1.807, 2.05) is 54.6 Å². The molecular weight excluding hydrogens is 436 g/mol. The first kappa shape index (κ1) is 23.5. The smallest absolute Gasteiger partial charge is 0.326 e. The molecule has 1 unspecified atom stereocenters. The summed E-state index contributed by atoms with van der Waals surface area (Å²) in [5, 5.41) is 22.0. The maximum Gasteiger partial charge on any atom is 0.326 e. The van der Waals surface area contributed by atoms with Gasteiger partial charge in [-0.2, -0.15) is 0 Å². The highest BCUT2D eigenvalue weighted by molar-refractivity contribution is 5.93. The predicted octanol–water partition coefficient (Wildman–Crippen LogP) is 2.57. The normalized spacial score (nSPS) is 22.6. The fraction of sp³-hybridized carbons (Fsp3) is 0.385. The molecule has 2 aromatic rings. The maximum absolute atomic E-state index is 13.6. The van der Waals surface area contributed by atoms with Crippen LogP contribution in [-0.2, 0) is 32.0 Å². The van der Waals surface area contributed by atoms with Gasteiger partial charge in [0.25, 0.3) is 0 Å². The van der Waals surface area contributed by atoms with Crippen LogP contribution < -0.4 is 5.32 Å². The van der Waals surface area contributed by atoms with Gasteiger partial charge in [0.1, 0.15) is 12.1 Å². The van der Waals surface area contributed by atoms with Gasteiger partial charge in [0.05, 0.1) is 18.4 Å². The van der Waals surface area contributed by atoms with E-state index in [-0.39, 0.29) is 25.3 Å². The van der Waals surface area contributed by atoms with E-state index >= 15 is 0 Å². The van der Waals surface area contributed by atoms with Crippen molar-refractivity contribution in [2.75, 3.05) is 0 Å². The number of carbonyl (C=O) groups excluding carboxylic acids is 2. The van der Waals surface area contributed by atoms with Gasteiger partial charge in [-0.05, 0) is 42.4 Å². The molecule has 4 rings (SSSR count). The molecule has 0 aliphatic carbocycles. The van der Waals surface area contributed by atoms with Crippen molar-refractivity contribution in [1.29, 1.82) is 0 Å². The molecule has 178 valence electrons. The Morgan fingerprint density at radius 2 is 1.71 bits per heavy atom. The Bertz CT molecular complexity index is 1090.